The molecule has 1 amide bonds. The van der Waals surface area contributed by atoms with E-state index in [1.165, 1.54) is 0 Å². The van der Waals surface area contributed by atoms with E-state index >= 15 is 0 Å². The fourth-order valence-electron chi connectivity index (χ4n) is 3.29. The van der Waals surface area contributed by atoms with E-state index in [-0.39, 0.29) is 18.4 Å². The van der Waals surface area contributed by atoms with E-state index in [0.717, 1.165) is 16.7 Å². The molecule has 3 rings (SSSR count). The van der Waals surface area contributed by atoms with Crippen LogP contribution in [0.5, 0.6) is 0 Å². The second kappa shape index (κ2) is 6.43. The molecule has 1 aliphatic rings. The number of nitrogens with zero attached hydrogens (tertiary/aromatic N) is 2. The molecule has 2 aromatic rings. The Kier molecular flexibility index (Phi) is 4.34. The van der Waals surface area contributed by atoms with Gasteiger partial charge < -0.3 is 10.0 Å². The van der Waals surface area contributed by atoms with Crippen molar-refractivity contribution in [2.24, 2.45) is 5.92 Å². The maximum atomic E-state index is 12.7. The Morgan fingerprint density at radius 1 is 1.12 bits per heavy atom. The number of hydrogen-bond donors (Lipinski definition) is 1. The maximum absolute atomic E-state index is 12.7. The van der Waals surface area contributed by atoms with E-state index in [0.29, 0.717) is 12.2 Å². The van der Waals surface area contributed by atoms with Crippen molar-refractivity contribution in [3.8, 4) is 0 Å². The number of aromatic nitrogens is 1. The van der Waals surface area contributed by atoms with Gasteiger partial charge in [-0.3, -0.25) is 14.6 Å². The number of carbonyl (C=O) groups excluding carboxylic acids is 1. The molecule has 2 atom stereocenters. The Morgan fingerprint density at radius 2 is 1.88 bits per heavy atom. The van der Waals surface area contributed by atoms with Crippen LogP contribution >= 0.6 is 0 Å². The summed E-state index contributed by atoms with van der Waals surface area (Å²) >= 11 is 0. The van der Waals surface area contributed by atoms with Gasteiger partial charge in [0.15, 0.2) is 0 Å². The summed E-state index contributed by atoms with van der Waals surface area (Å²) < 4.78 is 0. The third-order valence-electron chi connectivity index (χ3n) is 4.64. The molecule has 2 heterocycles. The second-order valence-corrected chi connectivity index (χ2v) is 6.34. The zero-order chi connectivity index (χ0) is 17.3. The number of amides is 1. The van der Waals surface area contributed by atoms with Crippen LogP contribution in [0.3, 0.4) is 0 Å². The largest absolute Gasteiger partial charge is 0.481 e. The quantitative estimate of drug-likeness (QED) is 0.942. The molecule has 1 N–H and O–H groups in total. The zero-order valence-electron chi connectivity index (χ0n) is 13.8. The summed E-state index contributed by atoms with van der Waals surface area (Å²) in [5.41, 5.74) is 3.39. The van der Waals surface area contributed by atoms with Crippen molar-refractivity contribution in [3.63, 3.8) is 0 Å². The SMILES string of the molecule is Cc1ccc(C(=O)N2C[C@@H](C(=O)O)[C@H](c3ccccc3C)C2)nc1. The zero-order valence-corrected chi connectivity index (χ0v) is 13.8. The number of pyridine rings is 1. The molecule has 24 heavy (non-hydrogen) atoms. The van der Waals surface area contributed by atoms with Crippen molar-refractivity contribution in [1.82, 2.24) is 9.88 Å². The van der Waals surface area contributed by atoms with E-state index in [1.807, 2.05) is 44.2 Å². The first-order valence-corrected chi connectivity index (χ1v) is 7.97. The lowest BCUT2D eigenvalue weighted by Crippen LogP contribution is -2.30. The van der Waals surface area contributed by atoms with Crippen LogP contribution in [-0.4, -0.2) is 40.0 Å². The van der Waals surface area contributed by atoms with Gasteiger partial charge in [-0.05, 0) is 36.6 Å². The second-order valence-electron chi connectivity index (χ2n) is 6.34. The van der Waals surface area contributed by atoms with Gasteiger partial charge in [0.05, 0.1) is 5.92 Å². The first-order valence-electron chi connectivity index (χ1n) is 7.97. The standard InChI is InChI=1S/C19H20N2O3/c1-12-7-8-17(20-9-12)18(22)21-10-15(16(11-21)19(23)24)14-6-4-3-5-13(14)2/h3-9,15-16H,10-11H2,1-2H3,(H,23,24)/t15-,16+/m0/s1. The topological polar surface area (TPSA) is 70.5 Å². The van der Waals surface area contributed by atoms with E-state index in [2.05, 4.69) is 4.98 Å². The van der Waals surface area contributed by atoms with Gasteiger partial charge in [-0.25, -0.2) is 0 Å². The highest BCUT2D eigenvalue weighted by Crippen LogP contribution is 2.35. The molecule has 0 saturated carbocycles. The van der Waals surface area contributed by atoms with Gasteiger partial charge in [0.1, 0.15) is 5.69 Å². The van der Waals surface area contributed by atoms with Crippen LogP contribution in [0.1, 0.15) is 33.1 Å². The van der Waals surface area contributed by atoms with Crippen molar-refractivity contribution >= 4 is 11.9 Å². The van der Waals surface area contributed by atoms with Crippen molar-refractivity contribution in [2.45, 2.75) is 19.8 Å². The monoisotopic (exact) mass is 324 g/mol. The van der Waals surface area contributed by atoms with Gasteiger partial charge >= 0.3 is 5.97 Å². The molecule has 0 spiro atoms. The third-order valence-corrected chi connectivity index (χ3v) is 4.64. The Bertz CT molecular complexity index is 770. The van der Waals surface area contributed by atoms with Gasteiger partial charge in [-0.15, -0.1) is 0 Å². The van der Waals surface area contributed by atoms with Crippen LogP contribution in [-0.2, 0) is 4.79 Å². The normalized spacial score (nSPS) is 20.2. The molecule has 1 fully saturated rings. The number of rotatable bonds is 3. The minimum absolute atomic E-state index is 0.196. The Hall–Kier alpha value is -2.69. The molecule has 1 aromatic heterocycles. The summed E-state index contributed by atoms with van der Waals surface area (Å²) in [7, 11) is 0. The molecule has 0 radical (unpaired) electrons. The van der Waals surface area contributed by atoms with Crippen molar-refractivity contribution < 1.29 is 14.7 Å². The Labute approximate surface area is 140 Å². The number of aliphatic carboxylic acids is 1. The molecule has 1 aliphatic heterocycles. The molecule has 1 aromatic carbocycles. The number of benzene rings is 1. The highest BCUT2D eigenvalue weighted by Gasteiger charge is 2.41. The number of carbonyl (C=O) groups is 2. The Morgan fingerprint density at radius 3 is 2.50 bits per heavy atom. The fourth-order valence-corrected chi connectivity index (χ4v) is 3.29. The Balaban J connectivity index is 1.88. The first-order chi connectivity index (χ1) is 11.5. The van der Waals surface area contributed by atoms with Gasteiger partial charge in [-0.2, -0.15) is 0 Å². The van der Waals surface area contributed by atoms with E-state index in [1.54, 1.807) is 17.2 Å². The number of likely N-dealkylation sites (tertiary alicyclic amines) is 1. The molecule has 1 saturated heterocycles. The summed E-state index contributed by atoms with van der Waals surface area (Å²) in [6.07, 6.45) is 1.65. The number of hydrogen-bond acceptors (Lipinski definition) is 3. The van der Waals surface area contributed by atoms with Crippen LogP contribution in [0.25, 0.3) is 0 Å². The van der Waals surface area contributed by atoms with Crippen LogP contribution in [0.2, 0.25) is 0 Å². The van der Waals surface area contributed by atoms with Gasteiger partial charge in [0.2, 0.25) is 0 Å². The predicted molar refractivity (Wildman–Crippen MR) is 89.9 cm³/mol. The van der Waals surface area contributed by atoms with Crippen molar-refractivity contribution in [3.05, 3.63) is 65.0 Å². The van der Waals surface area contributed by atoms with Crippen LogP contribution in [0.4, 0.5) is 0 Å². The van der Waals surface area contributed by atoms with E-state index in [9.17, 15) is 14.7 Å². The van der Waals surface area contributed by atoms with E-state index < -0.39 is 11.9 Å². The molecule has 0 aliphatic carbocycles. The maximum Gasteiger partial charge on any atom is 0.308 e. The summed E-state index contributed by atoms with van der Waals surface area (Å²) in [5.74, 6) is -1.87. The third kappa shape index (κ3) is 3.02. The van der Waals surface area contributed by atoms with Gasteiger partial charge in [0.25, 0.3) is 5.91 Å². The molecule has 124 valence electrons. The fraction of sp³-hybridized carbons (Fsp3) is 0.316. The van der Waals surface area contributed by atoms with E-state index in [4.69, 9.17) is 0 Å². The number of aryl methyl sites for hydroxylation is 2. The number of carboxylic acid groups (broad SMARTS) is 1. The van der Waals surface area contributed by atoms with Crippen molar-refractivity contribution in [1.29, 1.82) is 0 Å². The van der Waals surface area contributed by atoms with Crippen LogP contribution < -0.4 is 0 Å². The predicted octanol–water partition coefficient (Wildman–Crippen LogP) is 2.64. The minimum Gasteiger partial charge on any atom is -0.481 e. The molecule has 0 bridgehead atoms. The van der Waals surface area contributed by atoms with Crippen LogP contribution in [0, 0.1) is 19.8 Å². The lowest BCUT2D eigenvalue weighted by molar-refractivity contribution is -0.141. The minimum atomic E-state index is -0.865. The van der Waals surface area contributed by atoms with Crippen LogP contribution in [0.15, 0.2) is 42.6 Å². The average Bonchev–Trinajstić information content (AvgIpc) is 3.00. The first kappa shape index (κ1) is 16.2. The van der Waals surface area contributed by atoms with Crippen molar-refractivity contribution in [2.75, 3.05) is 13.1 Å². The lowest BCUT2D eigenvalue weighted by atomic mass is 9.86. The summed E-state index contributed by atoms with van der Waals surface area (Å²) in [4.78, 5) is 30.1. The average molecular weight is 324 g/mol. The lowest BCUT2D eigenvalue weighted by Gasteiger charge is -2.17. The smallest absolute Gasteiger partial charge is 0.308 e. The number of carboxylic acids is 1. The molecule has 0 unspecified atom stereocenters. The molecular formula is C19H20N2O3. The molecule has 5 nitrogen and oxygen atoms in total. The highest BCUT2D eigenvalue weighted by molar-refractivity contribution is 5.93. The van der Waals surface area contributed by atoms with Gasteiger partial charge in [0, 0.05) is 25.2 Å². The molecular weight excluding hydrogens is 304 g/mol. The summed E-state index contributed by atoms with van der Waals surface area (Å²) in [5, 5.41) is 9.59. The van der Waals surface area contributed by atoms with Gasteiger partial charge in [-0.1, -0.05) is 30.3 Å². The highest BCUT2D eigenvalue weighted by atomic mass is 16.4. The summed E-state index contributed by atoms with van der Waals surface area (Å²) in [6.45, 7) is 4.49. The summed E-state index contributed by atoms with van der Waals surface area (Å²) in [6, 6.07) is 11.3. The molecule has 5 heteroatoms.